The van der Waals surface area contributed by atoms with Crippen LogP contribution in [0.2, 0.25) is 0 Å². The van der Waals surface area contributed by atoms with Gasteiger partial charge in [0.15, 0.2) is 5.41 Å². The highest BCUT2D eigenvalue weighted by molar-refractivity contribution is 5.83. The molecular weight excluding hydrogens is 316 g/mol. The van der Waals surface area contributed by atoms with Crippen molar-refractivity contribution in [2.45, 2.75) is 45.1 Å². The predicted octanol–water partition coefficient (Wildman–Crippen LogP) is 3.35. The maximum Gasteiger partial charge on any atom is 0.316 e. The summed E-state index contributed by atoms with van der Waals surface area (Å²) in [6.07, 6.45) is 10.4. The summed E-state index contributed by atoms with van der Waals surface area (Å²) in [5.41, 5.74) is -0.570. The first kappa shape index (κ1) is 17.5. The van der Waals surface area contributed by atoms with Gasteiger partial charge in [-0.25, -0.2) is 0 Å². The van der Waals surface area contributed by atoms with Crippen LogP contribution < -0.4 is 0 Å². The second kappa shape index (κ2) is 6.86. The van der Waals surface area contributed by atoms with Gasteiger partial charge in [0.05, 0.1) is 36.9 Å². The fourth-order valence-corrected chi connectivity index (χ4v) is 4.18. The minimum Gasteiger partial charge on any atom is -0.465 e. The molecule has 0 radical (unpaired) electrons. The van der Waals surface area contributed by atoms with E-state index in [1.165, 1.54) is 0 Å². The van der Waals surface area contributed by atoms with Crippen LogP contribution in [-0.2, 0) is 14.3 Å². The number of allylic oxidation sites excluding steroid dienone is 2. The van der Waals surface area contributed by atoms with Gasteiger partial charge in [0.25, 0.3) is 0 Å². The number of nitrogens with zero attached hydrogens (tertiary/aromatic N) is 2. The molecular formula is C20H22N2O3. The van der Waals surface area contributed by atoms with Gasteiger partial charge in [-0.3, -0.25) is 4.79 Å². The quantitative estimate of drug-likeness (QED) is 0.569. The largest absolute Gasteiger partial charge is 0.465 e. The van der Waals surface area contributed by atoms with E-state index in [1.54, 1.807) is 6.92 Å². The highest BCUT2D eigenvalue weighted by atomic mass is 16.5. The van der Waals surface area contributed by atoms with E-state index in [2.05, 4.69) is 12.1 Å². The summed E-state index contributed by atoms with van der Waals surface area (Å²) in [6.45, 7) is 2.52. The van der Waals surface area contributed by atoms with Gasteiger partial charge in [-0.05, 0) is 50.2 Å². The molecule has 0 aromatic carbocycles. The Hall–Kier alpha value is -2.37. The zero-order valence-electron chi connectivity index (χ0n) is 14.5. The Morgan fingerprint density at radius 1 is 1.36 bits per heavy atom. The Morgan fingerprint density at radius 2 is 2.16 bits per heavy atom. The molecule has 0 aromatic rings. The van der Waals surface area contributed by atoms with E-state index in [0.717, 1.165) is 5.57 Å². The first-order chi connectivity index (χ1) is 12.1. The van der Waals surface area contributed by atoms with Crippen LogP contribution in [0.1, 0.15) is 39.0 Å². The molecule has 0 aromatic heterocycles. The molecule has 0 N–H and O–H groups in total. The van der Waals surface area contributed by atoms with E-state index in [9.17, 15) is 15.3 Å². The Kier molecular flexibility index (Phi) is 4.79. The maximum absolute atomic E-state index is 13.0. The molecule has 0 unspecified atom stereocenters. The van der Waals surface area contributed by atoms with Gasteiger partial charge in [-0.15, -0.1) is 0 Å². The summed E-state index contributed by atoms with van der Waals surface area (Å²) in [5.74, 6) is -0.329. The molecule has 3 aliphatic rings. The second-order valence-corrected chi connectivity index (χ2v) is 6.83. The molecule has 0 fully saturated rings. The molecule has 0 spiro atoms. The maximum atomic E-state index is 13.0. The van der Waals surface area contributed by atoms with Crippen LogP contribution in [0.5, 0.6) is 0 Å². The van der Waals surface area contributed by atoms with Crippen molar-refractivity contribution < 1.29 is 14.3 Å². The molecule has 2 bridgehead atoms. The summed E-state index contributed by atoms with van der Waals surface area (Å²) in [5, 5.41) is 19.7. The van der Waals surface area contributed by atoms with Crippen LogP contribution >= 0.6 is 0 Å². The molecule has 1 heterocycles. The first-order valence-corrected chi connectivity index (χ1v) is 8.79. The van der Waals surface area contributed by atoms with Crippen molar-refractivity contribution in [2.24, 2.45) is 10.8 Å². The smallest absolute Gasteiger partial charge is 0.316 e. The standard InChI is InChI=1S/C20H22N2O3/c1-2-24-18(23)20-9-5-7-17(20)19(13-21,14-22)8-4-3-6-16-10-15(11-20)12-25-16/h3,6-7,10,16H,2,4-5,8-9,11-12H2,1H3/b6-3-/t16-,20+/m1/s1. The molecule has 0 saturated heterocycles. The minimum atomic E-state index is -1.29. The Balaban J connectivity index is 2.12. The number of rotatable bonds is 2. The Labute approximate surface area is 148 Å². The lowest BCUT2D eigenvalue weighted by molar-refractivity contribution is -0.153. The van der Waals surface area contributed by atoms with E-state index in [4.69, 9.17) is 9.47 Å². The van der Waals surface area contributed by atoms with Crippen molar-refractivity contribution in [3.8, 4) is 12.1 Å². The van der Waals surface area contributed by atoms with Crippen LogP contribution in [0.4, 0.5) is 0 Å². The fraction of sp³-hybridized carbons (Fsp3) is 0.550. The molecule has 2 atom stereocenters. The van der Waals surface area contributed by atoms with Crippen molar-refractivity contribution in [1.29, 1.82) is 10.5 Å². The predicted molar refractivity (Wildman–Crippen MR) is 90.9 cm³/mol. The number of esters is 1. The number of hydrogen-bond donors (Lipinski definition) is 0. The normalized spacial score (nSPS) is 31.4. The minimum absolute atomic E-state index is 0.0975. The number of nitriles is 2. The third kappa shape index (κ3) is 2.90. The zero-order chi connectivity index (χ0) is 17.9. The average molecular weight is 338 g/mol. The van der Waals surface area contributed by atoms with Crippen molar-refractivity contribution >= 4 is 5.97 Å². The third-order valence-corrected chi connectivity index (χ3v) is 5.34. The first-order valence-electron chi connectivity index (χ1n) is 8.79. The fourth-order valence-electron chi connectivity index (χ4n) is 4.18. The lowest BCUT2D eigenvalue weighted by atomic mass is 9.64. The van der Waals surface area contributed by atoms with Crippen LogP contribution in [0.25, 0.3) is 0 Å². The van der Waals surface area contributed by atoms with Gasteiger partial charge < -0.3 is 9.47 Å². The molecule has 1 aliphatic heterocycles. The van der Waals surface area contributed by atoms with Crippen molar-refractivity contribution in [1.82, 2.24) is 0 Å². The highest BCUT2D eigenvalue weighted by Crippen LogP contribution is 2.54. The van der Waals surface area contributed by atoms with Gasteiger partial charge in [-0.1, -0.05) is 24.3 Å². The third-order valence-electron chi connectivity index (χ3n) is 5.34. The summed E-state index contributed by atoms with van der Waals surface area (Å²) in [7, 11) is 0. The van der Waals surface area contributed by atoms with E-state index in [1.807, 2.05) is 24.3 Å². The number of carbonyl (C=O) groups is 1. The average Bonchev–Trinajstić information content (AvgIpc) is 3.23. The van der Waals surface area contributed by atoms with Crippen LogP contribution in [0.3, 0.4) is 0 Å². The van der Waals surface area contributed by atoms with Gasteiger partial charge in [0, 0.05) is 0 Å². The molecule has 0 amide bonds. The Morgan fingerprint density at radius 3 is 2.88 bits per heavy atom. The SMILES string of the molecule is CCOC(=O)[C@]12CCC=C1C(C#N)(C#N)CC/C=C\[C@@H]1C=C(CO1)C2. The molecule has 2 aliphatic carbocycles. The zero-order valence-corrected chi connectivity index (χ0v) is 14.5. The van der Waals surface area contributed by atoms with Gasteiger partial charge in [0.1, 0.15) is 0 Å². The van der Waals surface area contributed by atoms with E-state index >= 15 is 0 Å². The topological polar surface area (TPSA) is 83.1 Å². The van der Waals surface area contributed by atoms with Gasteiger partial charge in [0.2, 0.25) is 0 Å². The van der Waals surface area contributed by atoms with Gasteiger partial charge in [-0.2, -0.15) is 10.5 Å². The summed E-state index contributed by atoms with van der Waals surface area (Å²) in [6, 6.07) is 4.44. The second-order valence-electron chi connectivity index (χ2n) is 6.83. The van der Waals surface area contributed by atoms with E-state index in [0.29, 0.717) is 44.3 Å². The van der Waals surface area contributed by atoms with E-state index < -0.39 is 10.8 Å². The summed E-state index contributed by atoms with van der Waals surface area (Å²) >= 11 is 0. The molecule has 0 saturated carbocycles. The molecule has 25 heavy (non-hydrogen) atoms. The summed E-state index contributed by atoms with van der Waals surface area (Å²) < 4.78 is 11.1. The number of carbonyl (C=O) groups excluding carboxylic acids is 1. The molecule has 130 valence electrons. The van der Waals surface area contributed by atoms with Crippen LogP contribution in [0, 0.1) is 33.5 Å². The van der Waals surface area contributed by atoms with Crippen molar-refractivity contribution in [3.63, 3.8) is 0 Å². The number of ether oxygens (including phenoxy) is 2. The van der Waals surface area contributed by atoms with E-state index in [-0.39, 0.29) is 18.7 Å². The Bertz CT molecular complexity index is 721. The van der Waals surface area contributed by atoms with Crippen LogP contribution in [0.15, 0.2) is 35.5 Å². The lowest BCUT2D eigenvalue weighted by Crippen LogP contribution is -2.39. The van der Waals surface area contributed by atoms with Crippen molar-refractivity contribution in [2.75, 3.05) is 13.2 Å². The van der Waals surface area contributed by atoms with Gasteiger partial charge >= 0.3 is 5.97 Å². The number of hydrogen-bond acceptors (Lipinski definition) is 5. The summed E-state index contributed by atoms with van der Waals surface area (Å²) in [4.78, 5) is 13.0. The lowest BCUT2D eigenvalue weighted by Gasteiger charge is -2.35. The van der Waals surface area contributed by atoms with Crippen LogP contribution in [-0.4, -0.2) is 25.3 Å². The highest BCUT2D eigenvalue weighted by Gasteiger charge is 2.54. The molecule has 3 rings (SSSR count). The molecule has 5 heteroatoms. The van der Waals surface area contributed by atoms with Crippen molar-refractivity contribution in [3.05, 3.63) is 35.5 Å². The number of fused-ring (bicyclic) bond motifs is 2. The monoisotopic (exact) mass is 338 g/mol. The molecule has 5 nitrogen and oxygen atoms in total.